The van der Waals surface area contributed by atoms with E-state index in [-0.39, 0.29) is 0 Å². The Morgan fingerprint density at radius 2 is 2.38 bits per heavy atom. The van der Waals surface area contributed by atoms with E-state index in [0.717, 1.165) is 11.7 Å². The maximum absolute atomic E-state index is 4.54. The van der Waals surface area contributed by atoms with Crippen LogP contribution in [0.15, 0.2) is 24.4 Å². The van der Waals surface area contributed by atoms with Gasteiger partial charge in [0.05, 0.1) is 0 Å². The summed E-state index contributed by atoms with van der Waals surface area (Å²) >= 11 is 0. The number of nitrogens with one attached hydrogen (secondary N) is 1. The van der Waals surface area contributed by atoms with Gasteiger partial charge in [-0.1, -0.05) is 0 Å². The average molecular weight is 172 g/mol. The third-order valence-corrected chi connectivity index (χ3v) is 2.64. The number of hydrogen-bond acceptors (Lipinski definition) is 1. The van der Waals surface area contributed by atoms with Gasteiger partial charge in [0.15, 0.2) is 0 Å². The third-order valence-electron chi connectivity index (χ3n) is 2.64. The Balaban J connectivity index is 1.97. The van der Waals surface area contributed by atoms with E-state index in [0.29, 0.717) is 0 Å². The van der Waals surface area contributed by atoms with Crippen molar-refractivity contribution in [3.63, 3.8) is 0 Å². The van der Waals surface area contributed by atoms with Crippen LogP contribution in [0.3, 0.4) is 0 Å². The number of H-pyrrole nitrogens is 1. The minimum atomic E-state index is 0.921. The van der Waals surface area contributed by atoms with Crippen molar-refractivity contribution >= 4 is 0 Å². The zero-order valence-corrected chi connectivity index (χ0v) is 7.46. The SMILES string of the molecule is c1c[nH]c2nc(CC3CC3)cc-2c1. The molecule has 13 heavy (non-hydrogen) atoms. The number of hydrogen-bond donors (Lipinski definition) is 1. The Morgan fingerprint density at radius 1 is 1.46 bits per heavy atom. The number of pyridine rings is 1. The van der Waals surface area contributed by atoms with Gasteiger partial charge in [0.25, 0.3) is 0 Å². The highest BCUT2D eigenvalue weighted by Crippen LogP contribution is 2.33. The zero-order chi connectivity index (χ0) is 8.67. The summed E-state index contributed by atoms with van der Waals surface area (Å²) in [6.45, 7) is 0. The van der Waals surface area contributed by atoms with Crippen molar-refractivity contribution in [1.82, 2.24) is 9.97 Å². The van der Waals surface area contributed by atoms with Gasteiger partial charge < -0.3 is 4.98 Å². The first-order chi connectivity index (χ1) is 6.42. The van der Waals surface area contributed by atoms with Crippen molar-refractivity contribution in [3.8, 4) is 11.4 Å². The molecule has 2 heterocycles. The van der Waals surface area contributed by atoms with E-state index in [9.17, 15) is 0 Å². The molecule has 2 heteroatoms. The van der Waals surface area contributed by atoms with Crippen LogP contribution < -0.4 is 0 Å². The first-order valence-corrected chi connectivity index (χ1v) is 4.85. The molecule has 2 aliphatic heterocycles. The molecule has 66 valence electrons. The van der Waals surface area contributed by atoms with Gasteiger partial charge >= 0.3 is 0 Å². The summed E-state index contributed by atoms with van der Waals surface area (Å²) in [6, 6.07) is 6.32. The largest absolute Gasteiger partial charge is 0.346 e. The van der Waals surface area contributed by atoms with E-state index in [2.05, 4.69) is 22.1 Å². The maximum Gasteiger partial charge on any atom is 0.137 e. The minimum Gasteiger partial charge on any atom is -0.346 e. The monoisotopic (exact) mass is 172 g/mol. The summed E-state index contributed by atoms with van der Waals surface area (Å²) in [6.07, 6.45) is 5.89. The predicted molar refractivity (Wildman–Crippen MR) is 51.6 cm³/mol. The highest BCUT2D eigenvalue weighted by atomic mass is 14.9. The maximum atomic E-state index is 4.54. The first-order valence-electron chi connectivity index (χ1n) is 4.85. The fourth-order valence-corrected chi connectivity index (χ4v) is 1.73. The van der Waals surface area contributed by atoms with Crippen LogP contribution in [0, 0.1) is 5.92 Å². The Labute approximate surface area is 77.4 Å². The summed E-state index contributed by atoms with van der Waals surface area (Å²) in [5.74, 6) is 1.95. The molecule has 0 aromatic rings. The van der Waals surface area contributed by atoms with Gasteiger partial charge in [-0.05, 0) is 43.4 Å². The summed E-state index contributed by atoms with van der Waals surface area (Å²) in [7, 11) is 0. The second-order valence-corrected chi connectivity index (χ2v) is 3.87. The first kappa shape index (κ1) is 7.13. The molecule has 0 aromatic heterocycles. The molecular weight excluding hydrogens is 160 g/mol. The van der Waals surface area contributed by atoms with Crippen molar-refractivity contribution < 1.29 is 0 Å². The van der Waals surface area contributed by atoms with Crippen LogP contribution in [0.5, 0.6) is 0 Å². The lowest BCUT2D eigenvalue weighted by Gasteiger charge is -1.92. The third kappa shape index (κ3) is 1.32. The Morgan fingerprint density at radius 3 is 3.15 bits per heavy atom. The van der Waals surface area contributed by atoms with Crippen LogP contribution in [-0.2, 0) is 6.42 Å². The second kappa shape index (κ2) is 2.59. The molecule has 2 nitrogen and oxygen atoms in total. The molecule has 1 fully saturated rings. The predicted octanol–water partition coefficient (Wildman–Crippen LogP) is 2.47. The molecular formula is C11H12N2. The number of aromatic nitrogens is 2. The molecule has 0 aromatic carbocycles. The van der Waals surface area contributed by atoms with Gasteiger partial charge in [0.2, 0.25) is 0 Å². The van der Waals surface area contributed by atoms with Crippen molar-refractivity contribution in [1.29, 1.82) is 0 Å². The number of aromatic amines is 1. The van der Waals surface area contributed by atoms with Crippen LogP contribution >= 0.6 is 0 Å². The number of rotatable bonds is 2. The summed E-state index contributed by atoms with van der Waals surface area (Å²) < 4.78 is 0. The Kier molecular flexibility index (Phi) is 1.42. The summed E-state index contributed by atoms with van der Waals surface area (Å²) in [5, 5.41) is 0. The van der Waals surface area contributed by atoms with Gasteiger partial charge in [0, 0.05) is 17.5 Å². The molecule has 1 aliphatic carbocycles. The van der Waals surface area contributed by atoms with Crippen molar-refractivity contribution in [2.24, 2.45) is 5.92 Å². The smallest absolute Gasteiger partial charge is 0.137 e. The lowest BCUT2D eigenvalue weighted by atomic mass is 10.2. The summed E-state index contributed by atoms with van der Waals surface area (Å²) in [5.41, 5.74) is 2.48. The lowest BCUT2D eigenvalue weighted by Crippen LogP contribution is -1.86. The minimum absolute atomic E-state index is 0.921. The average Bonchev–Trinajstić information content (AvgIpc) is 2.85. The fourth-order valence-electron chi connectivity index (χ4n) is 1.73. The highest BCUT2D eigenvalue weighted by molar-refractivity contribution is 5.58. The van der Waals surface area contributed by atoms with E-state index in [1.807, 2.05) is 12.3 Å². The van der Waals surface area contributed by atoms with Crippen molar-refractivity contribution in [2.75, 3.05) is 0 Å². The molecule has 3 rings (SSSR count). The van der Waals surface area contributed by atoms with E-state index >= 15 is 0 Å². The zero-order valence-electron chi connectivity index (χ0n) is 7.46. The van der Waals surface area contributed by atoms with Gasteiger partial charge in [0.1, 0.15) is 5.82 Å². The molecule has 0 spiro atoms. The molecule has 0 radical (unpaired) electrons. The molecule has 0 amide bonds. The van der Waals surface area contributed by atoms with Crippen LogP contribution in [-0.4, -0.2) is 9.97 Å². The molecule has 0 saturated heterocycles. The van der Waals surface area contributed by atoms with E-state index in [1.54, 1.807) is 0 Å². The van der Waals surface area contributed by atoms with Gasteiger partial charge in [-0.15, -0.1) is 0 Å². The quantitative estimate of drug-likeness (QED) is 0.740. The van der Waals surface area contributed by atoms with Crippen LogP contribution in [0.25, 0.3) is 11.4 Å². The van der Waals surface area contributed by atoms with Crippen molar-refractivity contribution in [3.05, 3.63) is 30.1 Å². The molecule has 1 saturated carbocycles. The van der Waals surface area contributed by atoms with E-state index in [1.165, 1.54) is 30.5 Å². The molecule has 0 atom stereocenters. The van der Waals surface area contributed by atoms with Crippen LogP contribution in [0.2, 0.25) is 0 Å². The Bertz CT molecular complexity index is 357. The molecule has 0 bridgehead atoms. The summed E-state index contributed by atoms with van der Waals surface area (Å²) in [4.78, 5) is 7.69. The molecule has 1 N–H and O–H groups in total. The number of fused-ring (bicyclic) bond motifs is 1. The van der Waals surface area contributed by atoms with Crippen molar-refractivity contribution in [2.45, 2.75) is 19.3 Å². The molecule has 0 unspecified atom stereocenters. The normalized spacial score (nSPS) is 16.6. The highest BCUT2D eigenvalue weighted by Gasteiger charge is 2.23. The van der Waals surface area contributed by atoms with Gasteiger partial charge in [-0.3, -0.25) is 0 Å². The topological polar surface area (TPSA) is 28.7 Å². The van der Waals surface area contributed by atoms with E-state index < -0.39 is 0 Å². The van der Waals surface area contributed by atoms with E-state index in [4.69, 9.17) is 0 Å². The van der Waals surface area contributed by atoms with Crippen LogP contribution in [0.1, 0.15) is 18.5 Å². The fraction of sp³-hybridized carbons (Fsp3) is 0.364. The van der Waals surface area contributed by atoms with Gasteiger partial charge in [-0.2, -0.15) is 0 Å². The Hall–Kier alpha value is -1.31. The lowest BCUT2D eigenvalue weighted by molar-refractivity contribution is 0.811. The van der Waals surface area contributed by atoms with Crippen LogP contribution in [0.4, 0.5) is 0 Å². The standard InChI is InChI=1S/C11H12N2/c1-2-9-7-10(6-8-3-4-8)13-11(9)12-5-1/h1-2,5,7-8H,3-4,6H2,(H,12,13). The number of nitrogens with zero attached hydrogens (tertiary/aromatic N) is 1. The second-order valence-electron chi connectivity index (χ2n) is 3.87. The van der Waals surface area contributed by atoms with Gasteiger partial charge in [-0.25, -0.2) is 4.98 Å². The molecule has 3 aliphatic rings.